The fourth-order valence-electron chi connectivity index (χ4n) is 1.60. The molecule has 0 fully saturated rings. The van der Waals surface area contributed by atoms with Crippen LogP contribution in [0.4, 0.5) is 10.1 Å². The third-order valence-electron chi connectivity index (χ3n) is 2.70. The van der Waals surface area contributed by atoms with Gasteiger partial charge in [-0.15, -0.1) is 0 Å². The van der Waals surface area contributed by atoms with E-state index in [1.807, 2.05) is 6.07 Å². The maximum absolute atomic E-state index is 13.2. The van der Waals surface area contributed by atoms with Crippen molar-refractivity contribution in [1.29, 1.82) is 5.26 Å². The van der Waals surface area contributed by atoms with Gasteiger partial charge in [-0.05, 0) is 18.6 Å². The predicted octanol–water partition coefficient (Wildman–Crippen LogP) is 2.35. The largest absolute Gasteiger partial charge is 0.495 e. The number of amides is 1. The molecule has 0 aromatic heterocycles. The molecule has 5 heteroatoms. The Morgan fingerprint density at radius 1 is 1.61 bits per heavy atom. The molecule has 4 nitrogen and oxygen atoms in total. The first-order valence-electron chi connectivity index (χ1n) is 5.55. The lowest BCUT2D eigenvalue weighted by molar-refractivity contribution is -0.120. The van der Waals surface area contributed by atoms with E-state index in [9.17, 15) is 9.18 Å². The monoisotopic (exact) mass is 250 g/mol. The van der Waals surface area contributed by atoms with E-state index < -0.39 is 11.7 Å². The van der Waals surface area contributed by atoms with Crippen molar-refractivity contribution < 1.29 is 13.9 Å². The highest BCUT2D eigenvalue weighted by atomic mass is 19.1. The number of carbonyl (C=O) groups is 1. The lowest BCUT2D eigenvalue weighted by Gasteiger charge is -2.21. The molecule has 18 heavy (non-hydrogen) atoms. The minimum atomic E-state index is -0.733. The summed E-state index contributed by atoms with van der Waals surface area (Å²) in [6.07, 6.45) is 0.414. The molecule has 0 N–H and O–H groups in total. The zero-order valence-electron chi connectivity index (χ0n) is 10.6. The van der Waals surface area contributed by atoms with Crippen LogP contribution in [0.5, 0.6) is 5.75 Å². The van der Waals surface area contributed by atoms with Gasteiger partial charge in [-0.25, -0.2) is 4.39 Å². The quantitative estimate of drug-likeness (QED) is 0.824. The summed E-state index contributed by atoms with van der Waals surface area (Å²) in [6.45, 7) is 1.75. The number of halogens is 1. The summed E-state index contributed by atoms with van der Waals surface area (Å²) in [5.41, 5.74) is 0.316. The fraction of sp³-hybridized carbons (Fsp3) is 0.385. The highest BCUT2D eigenvalue weighted by Crippen LogP contribution is 2.29. The van der Waals surface area contributed by atoms with E-state index in [1.165, 1.54) is 37.3 Å². The minimum absolute atomic E-state index is 0.316. The van der Waals surface area contributed by atoms with E-state index in [-0.39, 0.29) is 5.91 Å². The Morgan fingerprint density at radius 3 is 2.78 bits per heavy atom. The second-order valence-electron chi connectivity index (χ2n) is 3.80. The summed E-state index contributed by atoms with van der Waals surface area (Å²) in [5.74, 6) is -1.18. The van der Waals surface area contributed by atoms with Gasteiger partial charge in [0.1, 0.15) is 17.5 Å². The standard InChI is InChI=1S/C13H15FN2O2/c1-4-9(8-15)13(17)16(2)11-7-10(14)5-6-12(11)18-3/h5-7,9H,4H2,1-3H3. The normalized spacial score (nSPS) is 11.5. The highest BCUT2D eigenvalue weighted by molar-refractivity contribution is 5.97. The number of ether oxygens (including phenoxy) is 1. The van der Waals surface area contributed by atoms with E-state index >= 15 is 0 Å². The van der Waals surface area contributed by atoms with Gasteiger partial charge in [0.15, 0.2) is 0 Å². The van der Waals surface area contributed by atoms with E-state index in [4.69, 9.17) is 10.00 Å². The van der Waals surface area contributed by atoms with E-state index in [2.05, 4.69) is 0 Å². The molecule has 1 unspecified atom stereocenters. The van der Waals surface area contributed by atoms with Gasteiger partial charge in [-0.3, -0.25) is 4.79 Å². The molecule has 1 atom stereocenters. The minimum Gasteiger partial charge on any atom is -0.495 e. The molecular formula is C13H15FN2O2. The number of anilines is 1. The Balaban J connectivity index is 3.10. The first-order chi connectivity index (χ1) is 8.54. The first kappa shape index (κ1) is 14.0. The number of carbonyl (C=O) groups excluding carboxylic acids is 1. The van der Waals surface area contributed by atoms with Crippen LogP contribution in [-0.4, -0.2) is 20.1 Å². The smallest absolute Gasteiger partial charge is 0.244 e. The van der Waals surface area contributed by atoms with Gasteiger partial charge in [0, 0.05) is 13.1 Å². The van der Waals surface area contributed by atoms with Crippen molar-refractivity contribution >= 4 is 11.6 Å². The zero-order chi connectivity index (χ0) is 13.7. The van der Waals surface area contributed by atoms with Gasteiger partial charge in [-0.1, -0.05) is 6.92 Å². The Kier molecular flexibility index (Phi) is 4.67. The average Bonchev–Trinajstić information content (AvgIpc) is 2.39. The zero-order valence-corrected chi connectivity index (χ0v) is 10.6. The lowest BCUT2D eigenvalue weighted by Crippen LogP contribution is -2.32. The molecule has 0 saturated heterocycles. The Morgan fingerprint density at radius 2 is 2.28 bits per heavy atom. The van der Waals surface area contributed by atoms with Gasteiger partial charge >= 0.3 is 0 Å². The van der Waals surface area contributed by atoms with Crippen molar-refractivity contribution in [2.45, 2.75) is 13.3 Å². The lowest BCUT2D eigenvalue weighted by atomic mass is 10.1. The molecule has 0 aliphatic carbocycles. The summed E-state index contributed by atoms with van der Waals surface area (Å²) < 4.78 is 18.3. The van der Waals surface area contributed by atoms with Gasteiger partial charge in [0.05, 0.1) is 18.9 Å². The molecule has 0 saturated carbocycles. The molecule has 1 aromatic rings. The van der Waals surface area contributed by atoms with Gasteiger partial charge in [-0.2, -0.15) is 5.26 Å². The van der Waals surface area contributed by atoms with Crippen molar-refractivity contribution in [2.75, 3.05) is 19.1 Å². The SMILES string of the molecule is CCC(C#N)C(=O)N(C)c1cc(F)ccc1OC. The number of benzene rings is 1. The molecule has 1 aromatic carbocycles. The molecular weight excluding hydrogens is 235 g/mol. The van der Waals surface area contributed by atoms with Gasteiger partial charge in [0.2, 0.25) is 5.91 Å². The van der Waals surface area contributed by atoms with Crippen LogP contribution in [0.2, 0.25) is 0 Å². The Bertz CT molecular complexity index is 482. The molecule has 96 valence electrons. The van der Waals surface area contributed by atoms with Crippen molar-refractivity contribution in [3.63, 3.8) is 0 Å². The van der Waals surface area contributed by atoms with Crippen LogP contribution >= 0.6 is 0 Å². The van der Waals surface area contributed by atoms with Crippen molar-refractivity contribution in [1.82, 2.24) is 0 Å². The third-order valence-corrected chi connectivity index (χ3v) is 2.70. The van der Waals surface area contributed by atoms with E-state index in [0.717, 1.165) is 0 Å². The van der Waals surface area contributed by atoms with Crippen molar-refractivity contribution in [3.8, 4) is 11.8 Å². The van der Waals surface area contributed by atoms with Crippen LogP contribution in [0.3, 0.4) is 0 Å². The van der Waals surface area contributed by atoms with E-state index in [0.29, 0.717) is 17.9 Å². The highest BCUT2D eigenvalue weighted by Gasteiger charge is 2.23. The molecule has 0 heterocycles. The van der Waals surface area contributed by atoms with Gasteiger partial charge in [0.25, 0.3) is 0 Å². The number of methoxy groups -OCH3 is 1. The third kappa shape index (κ3) is 2.77. The topological polar surface area (TPSA) is 53.3 Å². The van der Waals surface area contributed by atoms with Crippen LogP contribution in [0.15, 0.2) is 18.2 Å². The first-order valence-corrected chi connectivity index (χ1v) is 5.55. The molecule has 0 aliphatic heterocycles. The summed E-state index contributed by atoms with van der Waals surface area (Å²) in [5, 5.41) is 8.87. The number of hydrogen-bond donors (Lipinski definition) is 0. The maximum atomic E-state index is 13.2. The van der Waals surface area contributed by atoms with Crippen molar-refractivity contribution in [3.05, 3.63) is 24.0 Å². The van der Waals surface area contributed by atoms with Crippen LogP contribution in [0.1, 0.15) is 13.3 Å². The molecule has 0 aliphatic rings. The summed E-state index contributed by atoms with van der Waals surface area (Å²) >= 11 is 0. The summed E-state index contributed by atoms with van der Waals surface area (Å²) in [6, 6.07) is 5.84. The number of nitriles is 1. The van der Waals surface area contributed by atoms with E-state index in [1.54, 1.807) is 6.92 Å². The van der Waals surface area contributed by atoms with Crippen LogP contribution in [0, 0.1) is 23.1 Å². The molecule has 1 amide bonds. The Labute approximate surface area is 106 Å². The van der Waals surface area contributed by atoms with Crippen LogP contribution < -0.4 is 9.64 Å². The number of nitrogens with zero attached hydrogens (tertiary/aromatic N) is 2. The average molecular weight is 250 g/mol. The second kappa shape index (κ2) is 6.01. The number of rotatable bonds is 4. The predicted molar refractivity (Wildman–Crippen MR) is 65.8 cm³/mol. The van der Waals surface area contributed by atoms with Crippen molar-refractivity contribution in [2.24, 2.45) is 5.92 Å². The Hall–Kier alpha value is -2.09. The maximum Gasteiger partial charge on any atom is 0.244 e. The molecule has 0 radical (unpaired) electrons. The van der Waals surface area contributed by atoms with Crippen LogP contribution in [0.25, 0.3) is 0 Å². The molecule has 1 rings (SSSR count). The molecule has 0 bridgehead atoms. The fourth-order valence-corrected chi connectivity index (χ4v) is 1.60. The molecule has 0 spiro atoms. The summed E-state index contributed by atoms with van der Waals surface area (Å²) in [4.78, 5) is 13.3. The van der Waals surface area contributed by atoms with Gasteiger partial charge < -0.3 is 9.64 Å². The number of hydrogen-bond acceptors (Lipinski definition) is 3. The van der Waals surface area contributed by atoms with Crippen LogP contribution in [-0.2, 0) is 4.79 Å². The second-order valence-corrected chi connectivity index (χ2v) is 3.80. The summed E-state index contributed by atoms with van der Waals surface area (Å²) in [7, 11) is 2.94.